The van der Waals surface area contributed by atoms with E-state index >= 15 is 0 Å². The number of carbonyl (C=O) groups excluding carboxylic acids is 2. The third-order valence-corrected chi connectivity index (χ3v) is 6.34. The van der Waals surface area contributed by atoms with Crippen LogP contribution in [0, 0.1) is 11.8 Å². The monoisotopic (exact) mass is 424 g/mol. The first-order valence-corrected chi connectivity index (χ1v) is 9.26. The second kappa shape index (κ2) is 8.18. The van der Waals surface area contributed by atoms with Crippen LogP contribution in [0.25, 0.3) is 0 Å². The van der Waals surface area contributed by atoms with E-state index in [1.165, 1.54) is 9.80 Å². The van der Waals surface area contributed by atoms with E-state index in [0.717, 1.165) is 0 Å². The van der Waals surface area contributed by atoms with Gasteiger partial charge in [0.1, 0.15) is 16.9 Å². The van der Waals surface area contributed by atoms with Crippen molar-refractivity contribution in [2.75, 3.05) is 14.1 Å². The fraction of sp³-hybridized carbons (Fsp3) is 0.857. The van der Waals surface area contributed by atoms with Crippen molar-refractivity contribution >= 4 is 69.8 Å². The SMILES string of the molecule is C[C@H](C[C@@H]1C(=O)N(C)[C@H](C[C@H](C)C(Cl)Cl)C(=O)N1C)C(Cl)(Cl)Cl. The molecule has 0 aromatic carbocycles. The van der Waals surface area contributed by atoms with Crippen LogP contribution in [0.1, 0.15) is 26.7 Å². The normalized spacial score (nSPS) is 26.0. The molecule has 1 aliphatic heterocycles. The molecule has 9 heteroatoms. The second-order valence-corrected chi connectivity index (χ2v) is 9.69. The summed E-state index contributed by atoms with van der Waals surface area (Å²) in [6.07, 6.45) is 0.674. The third-order valence-electron chi connectivity index (χ3n) is 4.36. The lowest BCUT2D eigenvalue weighted by atomic mass is 9.93. The Kier molecular flexibility index (Phi) is 7.62. The van der Waals surface area contributed by atoms with Gasteiger partial charge >= 0.3 is 0 Å². The molecule has 2 amide bonds. The molecule has 1 fully saturated rings. The highest BCUT2D eigenvalue weighted by Crippen LogP contribution is 2.38. The second-order valence-electron chi connectivity index (χ2n) is 6.16. The van der Waals surface area contributed by atoms with E-state index in [9.17, 15) is 9.59 Å². The summed E-state index contributed by atoms with van der Waals surface area (Å²) >= 11 is 29.3. The molecule has 4 nitrogen and oxygen atoms in total. The molecule has 0 unspecified atom stereocenters. The van der Waals surface area contributed by atoms with Crippen LogP contribution in [-0.4, -0.2) is 56.4 Å². The Morgan fingerprint density at radius 1 is 0.957 bits per heavy atom. The summed E-state index contributed by atoms with van der Waals surface area (Å²) in [6.45, 7) is 3.58. The Bertz CT molecular complexity index is 455. The van der Waals surface area contributed by atoms with Gasteiger partial charge in [0, 0.05) is 20.0 Å². The summed E-state index contributed by atoms with van der Waals surface area (Å²) in [6, 6.07) is -1.23. The summed E-state index contributed by atoms with van der Waals surface area (Å²) < 4.78 is -1.49. The number of hydrogen-bond acceptors (Lipinski definition) is 2. The molecule has 0 spiro atoms. The zero-order valence-electron chi connectivity index (χ0n) is 13.4. The van der Waals surface area contributed by atoms with E-state index in [4.69, 9.17) is 58.0 Å². The molecule has 4 atom stereocenters. The maximum Gasteiger partial charge on any atom is 0.245 e. The number of rotatable bonds is 5. The van der Waals surface area contributed by atoms with Gasteiger partial charge in [-0.05, 0) is 18.8 Å². The van der Waals surface area contributed by atoms with Crippen molar-refractivity contribution in [1.29, 1.82) is 0 Å². The third kappa shape index (κ3) is 5.18. The molecule has 23 heavy (non-hydrogen) atoms. The lowest BCUT2D eigenvalue weighted by molar-refractivity contribution is -0.159. The Hall–Kier alpha value is 0.390. The molecule has 0 N–H and O–H groups in total. The first-order chi connectivity index (χ1) is 10.4. The van der Waals surface area contributed by atoms with Gasteiger partial charge in [0.15, 0.2) is 3.79 Å². The van der Waals surface area contributed by atoms with Gasteiger partial charge in [-0.25, -0.2) is 0 Å². The van der Waals surface area contributed by atoms with Crippen LogP contribution < -0.4 is 0 Å². The lowest BCUT2D eigenvalue weighted by Crippen LogP contribution is -2.63. The lowest BCUT2D eigenvalue weighted by Gasteiger charge is -2.43. The van der Waals surface area contributed by atoms with Crippen LogP contribution in [-0.2, 0) is 9.59 Å². The maximum atomic E-state index is 12.6. The zero-order chi connectivity index (χ0) is 18.1. The molecule has 0 saturated carbocycles. The summed E-state index contributed by atoms with van der Waals surface area (Å²) in [4.78, 5) is 27.6. The molecule has 1 heterocycles. The highest BCUT2D eigenvalue weighted by molar-refractivity contribution is 6.67. The van der Waals surface area contributed by atoms with E-state index in [0.29, 0.717) is 6.42 Å². The average Bonchev–Trinajstić information content (AvgIpc) is 2.44. The van der Waals surface area contributed by atoms with Gasteiger partial charge in [-0.15, -0.1) is 23.2 Å². The molecule has 134 valence electrons. The van der Waals surface area contributed by atoms with Gasteiger partial charge in [0.2, 0.25) is 11.8 Å². The first-order valence-electron chi connectivity index (χ1n) is 7.26. The standard InChI is InChI=1S/C14H21Cl5N2O2/c1-7(11(15)16)5-9-12(22)21(4)10(13(23)20(9)3)6-8(2)14(17,18)19/h7-11H,5-6H2,1-4H3/t7-,8+,9+,10+/m0/s1. The molecule has 1 saturated heterocycles. The van der Waals surface area contributed by atoms with Crippen molar-refractivity contribution in [2.45, 2.75) is 47.4 Å². The summed E-state index contributed by atoms with van der Waals surface area (Å²) in [7, 11) is 3.20. The van der Waals surface area contributed by atoms with E-state index in [1.807, 2.05) is 6.92 Å². The van der Waals surface area contributed by atoms with E-state index < -0.39 is 20.7 Å². The molecule has 1 rings (SSSR count). The van der Waals surface area contributed by atoms with Crippen molar-refractivity contribution < 1.29 is 9.59 Å². The highest BCUT2D eigenvalue weighted by atomic mass is 35.6. The zero-order valence-corrected chi connectivity index (χ0v) is 17.2. The first kappa shape index (κ1) is 21.4. The Balaban J connectivity index is 2.91. The topological polar surface area (TPSA) is 40.6 Å². The van der Waals surface area contributed by atoms with Crippen LogP contribution in [0.2, 0.25) is 0 Å². The minimum Gasteiger partial charge on any atom is -0.332 e. The Morgan fingerprint density at radius 2 is 1.35 bits per heavy atom. The van der Waals surface area contributed by atoms with Crippen LogP contribution in [0.3, 0.4) is 0 Å². The Labute approximate surface area is 162 Å². The van der Waals surface area contributed by atoms with Gasteiger partial charge in [0.05, 0.1) is 0 Å². The molecule has 0 aromatic heterocycles. The number of carbonyl (C=O) groups is 2. The van der Waals surface area contributed by atoms with E-state index in [-0.39, 0.29) is 30.1 Å². The average molecular weight is 427 g/mol. The number of alkyl halides is 5. The predicted molar refractivity (Wildman–Crippen MR) is 96.5 cm³/mol. The van der Waals surface area contributed by atoms with Crippen LogP contribution in [0.5, 0.6) is 0 Å². The number of hydrogen-bond donors (Lipinski definition) is 0. The van der Waals surface area contributed by atoms with Crippen molar-refractivity contribution in [1.82, 2.24) is 9.80 Å². The summed E-state index contributed by atoms with van der Waals surface area (Å²) in [5.41, 5.74) is 0. The Morgan fingerprint density at radius 3 is 1.70 bits per heavy atom. The van der Waals surface area contributed by atoms with E-state index in [2.05, 4.69) is 0 Å². The highest BCUT2D eigenvalue weighted by Gasteiger charge is 2.45. The molecule has 0 bridgehead atoms. The molecular formula is C14H21Cl5N2O2. The number of amides is 2. The number of piperazine rings is 1. The fourth-order valence-electron chi connectivity index (χ4n) is 2.55. The number of nitrogens with zero attached hydrogens (tertiary/aromatic N) is 2. The van der Waals surface area contributed by atoms with E-state index in [1.54, 1.807) is 21.0 Å². The van der Waals surface area contributed by atoms with Crippen molar-refractivity contribution in [2.24, 2.45) is 11.8 Å². The van der Waals surface area contributed by atoms with Crippen LogP contribution in [0.15, 0.2) is 0 Å². The summed E-state index contributed by atoms with van der Waals surface area (Å²) in [5, 5.41) is 0. The number of likely N-dealkylation sites (N-methyl/N-ethyl adjacent to an activating group) is 2. The minimum atomic E-state index is -1.49. The minimum absolute atomic E-state index is 0.118. The van der Waals surface area contributed by atoms with Gasteiger partial charge in [0.25, 0.3) is 0 Å². The smallest absolute Gasteiger partial charge is 0.245 e. The van der Waals surface area contributed by atoms with Crippen molar-refractivity contribution in [3.63, 3.8) is 0 Å². The predicted octanol–water partition coefficient (Wildman–Crippen LogP) is 3.88. The summed E-state index contributed by atoms with van der Waals surface area (Å²) in [5.74, 6) is -0.830. The molecule has 0 radical (unpaired) electrons. The van der Waals surface area contributed by atoms with Crippen molar-refractivity contribution in [3.8, 4) is 0 Å². The van der Waals surface area contributed by atoms with Gasteiger partial charge in [-0.2, -0.15) is 0 Å². The van der Waals surface area contributed by atoms with Gasteiger partial charge in [-0.1, -0.05) is 48.7 Å². The molecule has 0 aromatic rings. The van der Waals surface area contributed by atoms with Crippen LogP contribution in [0.4, 0.5) is 0 Å². The van der Waals surface area contributed by atoms with Gasteiger partial charge in [-0.3, -0.25) is 9.59 Å². The maximum absolute atomic E-state index is 12.6. The molecule has 0 aliphatic carbocycles. The largest absolute Gasteiger partial charge is 0.332 e. The van der Waals surface area contributed by atoms with Crippen LogP contribution >= 0.6 is 58.0 Å². The van der Waals surface area contributed by atoms with Crippen molar-refractivity contribution in [3.05, 3.63) is 0 Å². The van der Waals surface area contributed by atoms with Gasteiger partial charge < -0.3 is 9.80 Å². The molecular weight excluding hydrogens is 405 g/mol. The number of halogens is 5. The quantitative estimate of drug-likeness (QED) is 0.626. The molecule has 1 aliphatic rings. The fourth-order valence-corrected chi connectivity index (χ4v) is 3.02.